The van der Waals surface area contributed by atoms with Crippen molar-refractivity contribution in [1.82, 2.24) is 13.5 Å². The van der Waals surface area contributed by atoms with Gasteiger partial charge in [0.1, 0.15) is 11.2 Å². The molecule has 226 valence electrons. The maximum absolute atomic E-state index is 13.1. The molecule has 1 aliphatic carbocycles. The van der Waals surface area contributed by atoms with Crippen LogP contribution in [0.3, 0.4) is 0 Å². The van der Waals surface area contributed by atoms with Gasteiger partial charge in [0.25, 0.3) is 0 Å². The highest BCUT2D eigenvalue weighted by Crippen LogP contribution is 2.48. The molecule has 1 saturated carbocycles. The molecule has 1 amide bonds. The number of nitrogens with zero attached hydrogens (tertiary/aromatic N) is 3. The average Bonchev–Trinajstić information content (AvgIpc) is 3.17. The van der Waals surface area contributed by atoms with Crippen molar-refractivity contribution in [2.45, 2.75) is 123 Å². The summed E-state index contributed by atoms with van der Waals surface area (Å²) in [5, 5.41) is 12.6. The fraction of sp³-hybridized carbons (Fsp3) is 0.724. The van der Waals surface area contributed by atoms with Crippen molar-refractivity contribution in [3.05, 3.63) is 28.5 Å². The van der Waals surface area contributed by atoms with Crippen LogP contribution < -0.4 is 0 Å². The van der Waals surface area contributed by atoms with Crippen molar-refractivity contribution in [2.75, 3.05) is 5.75 Å². The number of carbonyl (C=O) groups is 1. The smallest absolute Gasteiger partial charge is 0.424 e. The summed E-state index contributed by atoms with van der Waals surface area (Å²) in [7, 11) is -5.91. The summed E-state index contributed by atoms with van der Waals surface area (Å²) in [4.78, 5) is 17.8. The molecule has 40 heavy (non-hydrogen) atoms. The Balaban J connectivity index is 1.97. The van der Waals surface area contributed by atoms with Gasteiger partial charge < -0.3 is 14.1 Å². The Morgan fingerprint density at radius 3 is 2.20 bits per heavy atom. The fourth-order valence-electron chi connectivity index (χ4n) is 7.00. The number of fused-ring (bicyclic) bond motifs is 1. The Labute approximate surface area is 250 Å². The molecule has 1 aliphatic rings. The number of aliphatic hydroxyl groups is 1. The molecule has 0 radical (unpaired) electrons. The lowest BCUT2D eigenvalue weighted by Crippen LogP contribution is -2.53. The van der Waals surface area contributed by atoms with Gasteiger partial charge in [-0.15, -0.1) is 0 Å². The largest absolute Gasteiger partial charge is 0.443 e. The van der Waals surface area contributed by atoms with Gasteiger partial charge in [0.2, 0.25) is 10.0 Å². The number of carbonyl (C=O) groups excluding carboxylic acids is 1. The molecule has 2 heterocycles. The molecule has 0 aliphatic heterocycles. The minimum absolute atomic E-state index is 0.132. The number of hydrogen-bond acceptors (Lipinski definition) is 6. The van der Waals surface area contributed by atoms with Gasteiger partial charge in [0.05, 0.1) is 17.9 Å². The van der Waals surface area contributed by atoms with E-state index in [0.717, 1.165) is 25.4 Å². The van der Waals surface area contributed by atoms with Gasteiger partial charge in [-0.1, -0.05) is 48.5 Å². The van der Waals surface area contributed by atoms with E-state index in [2.05, 4.69) is 74.0 Å². The number of sulfonamides is 1. The third-order valence-electron chi connectivity index (χ3n) is 8.46. The van der Waals surface area contributed by atoms with Crippen LogP contribution in [-0.4, -0.2) is 58.8 Å². The van der Waals surface area contributed by atoms with Crippen LogP contribution in [0.4, 0.5) is 4.79 Å². The van der Waals surface area contributed by atoms with E-state index >= 15 is 0 Å². The van der Waals surface area contributed by atoms with Crippen LogP contribution in [0.25, 0.3) is 11.0 Å². The van der Waals surface area contributed by atoms with E-state index in [4.69, 9.17) is 9.72 Å². The number of pyridine rings is 1. The van der Waals surface area contributed by atoms with Crippen LogP contribution in [0.5, 0.6) is 0 Å². The monoisotopic (exact) mass is 657 g/mol. The maximum atomic E-state index is 13.1. The van der Waals surface area contributed by atoms with Gasteiger partial charge >= 0.3 is 6.09 Å². The summed E-state index contributed by atoms with van der Waals surface area (Å²) < 4.78 is 35.7. The van der Waals surface area contributed by atoms with Crippen molar-refractivity contribution in [3.8, 4) is 0 Å². The van der Waals surface area contributed by atoms with E-state index < -0.39 is 42.1 Å². The van der Waals surface area contributed by atoms with Gasteiger partial charge in [-0.3, -0.25) is 0 Å². The van der Waals surface area contributed by atoms with Gasteiger partial charge in [-0.05, 0) is 90.8 Å². The molecule has 3 rings (SSSR count). The lowest BCUT2D eigenvalue weighted by atomic mass is 9.74. The molecule has 0 spiro atoms. The predicted molar refractivity (Wildman–Crippen MR) is 168 cm³/mol. The van der Waals surface area contributed by atoms with Crippen molar-refractivity contribution in [3.63, 3.8) is 0 Å². The molecule has 1 N–H and O–H groups in total. The Hall–Kier alpha value is -1.43. The van der Waals surface area contributed by atoms with Crippen molar-refractivity contribution >= 4 is 51.3 Å². The van der Waals surface area contributed by atoms with E-state index in [0.29, 0.717) is 35.9 Å². The highest BCUT2D eigenvalue weighted by atomic mass is 79.9. The first kappa shape index (κ1) is 33.1. The summed E-state index contributed by atoms with van der Waals surface area (Å²) in [6, 6.07) is 1.52. The van der Waals surface area contributed by atoms with Crippen LogP contribution in [0.2, 0.25) is 16.6 Å². The van der Waals surface area contributed by atoms with Crippen LogP contribution in [-0.2, 0) is 14.8 Å². The number of aromatic nitrogens is 2. The minimum Gasteiger partial charge on any atom is -0.443 e. The zero-order valence-corrected chi connectivity index (χ0v) is 29.1. The Kier molecular flexibility index (Phi) is 9.96. The molecule has 1 atom stereocenters. The SMILES string of the molecule is CCCS(=O)(=O)N(C(=O)OC(C)(C)C)C1CC(C(O)c2c(Br)cnc3c2ccn3[Si](C(C)C)(C(C)C)C(C)C)C1. The molecule has 0 saturated heterocycles. The average molecular weight is 659 g/mol. The third kappa shape index (κ3) is 6.03. The quantitative estimate of drug-likeness (QED) is 0.264. The van der Waals surface area contributed by atoms with E-state index in [1.807, 2.05) is 0 Å². The van der Waals surface area contributed by atoms with Crippen LogP contribution >= 0.6 is 15.9 Å². The number of ether oxygens (including phenoxy) is 1. The first-order chi connectivity index (χ1) is 18.4. The number of rotatable bonds is 10. The molecule has 11 heteroatoms. The summed E-state index contributed by atoms with van der Waals surface area (Å²) in [6.45, 7) is 20.8. The Bertz CT molecular complexity index is 1290. The van der Waals surface area contributed by atoms with Crippen LogP contribution in [0, 0.1) is 5.92 Å². The predicted octanol–water partition coefficient (Wildman–Crippen LogP) is 7.61. The highest BCUT2D eigenvalue weighted by Gasteiger charge is 2.48. The lowest BCUT2D eigenvalue weighted by Gasteiger charge is -2.44. The Morgan fingerprint density at radius 2 is 1.73 bits per heavy atom. The van der Waals surface area contributed by atoms with Gasteiger partial charge in [-0.25, -0.2) is 22.5 Å². The van der Waals surface area contributed by atoms with E-state index in [-0.39, 0.29) is 11.7 Å². The third-order valence-corrected chi connectivity index (χ3v) is 17.8. The topological polar surface area (TPSA) is 102 Å². The molecule has 1 fully saturated rings. The van der Waals surface area contributed by atoms with E-state index in [9.17, 15) is 18.3 Å². The van der Waals surface area contributed by atoms with Gasteiger partial charge in [0, 0.05) is 21.6 Å². The zero-order chi connectivity index (χ0) is 30.4. The van der Waals surface area contributed by atoms with Crippen LogP contribution in [0.1, 0.15) is 100 Å². The molecule has 1 unspecified atom stereocenters. The first-order valence-corrected chi connectivity index (χ1v) is 19.1. The standard InChI is InChI=1S/C29H48BrN3O5SSi/c1-11-14-39(36,37)33(28(35)38-29(8,9)10)22-15-21(16-22)26(34)25-23-12-13-32(27(23)31-17-24(25)30)40(18(2)3,19(4)5)20(6)7/h12-13,17-22,26,34H,11,14-16H2,1-10H3. The molecule has 2 aromatic heterocycles. The Morgan fingerprint density at radius 1 is 1.18 bits per heavy atom. The maximum Gasteiger partial charge on any atom is 0.424 e. The number of hydrogen-bond donors (Lipinski definition) is 1. The van der Waals surface area contributed by atoms with E-state index in [1.54, 1.807) is 33.9 Å². The second-order valence-electron chi connectivity index (χ2n) is 13.2. The number of amides is 1. The van der Waals surface area contributed by atoms with Crippen LogP contribution in [0.15, 0.2) is 22.9 Å². The van der Waals surface area contributed by atoms with E-state index in [1.165, 1.54) is 0 Å². The highest BCUT2D eigenvalue weighted by molar-refractivity contribution is 9.10. The summed E-state index contributed by atoms with van der Waals surface area (Å²) in [6.07, 6.45) is 3.36. The molecule has 8 nitrogen and oxygen atoms in total. The zero-order valence-electron chi connectivity index (χ0n) is 25.7. The molecular weight excluding hydrogens is 610 g/mol. The first-order valence-electron chi connectivity index (χ1n) is 14.5. The fourth-order valence-corrected chi connectivity index (χ4v) is 15.7. The summed E-state index contributed by atoms with van der Waals surface area (Å²) >= 11 is 3.64. The number of halogens is 1. The second-order valence-corrected chi connectivity index (χ2v) is 21.8. The van der Waals surface area contributed by atoms with Crippen molar-refractivity contribution < 1.29 is 23.1 Å². The molecule has 0 bridgehead atoms. The number of aliphatic hydroxyl groups excluding tert-OH is 1. The molecule has 2 aromatic rings. The van der Waals surface area contributed by atoms with Crippen molar-refractivity contribution in [1.29, 1.82) is 0 Å². The van der Waals surface area contributed by atoms with Gasteiger partial charge in [-0.2, -0.15) is 0 Å². The minimum atomic E-state index is -3.84. The molecular formula is C29H48BrN3O5SSi. The molecule has 0 aromatic carbocycles. The summed E-state index contributed by atoms with van der Waals surface area (Å²) in [5.41, 5.74) is 2.29. The lowest BCUT2D eigenvalue weighted by molar-refractivity contribution is -0.00261. The van der Waals surface area contributed by atoms with Crippen molar-refractivity contribution in [2.24, 2.45) is 5.92 Å². The van der Waals surface area contributed by atoms with Gasteiger partial charge in [0.15, 0.2) is 8.24 Å². The second kappa shape index (κ2) is 12.0. The normalized spacial score (nSPS) is 19.4. The summed E-state index contributed by atoms with van der Waals surface area (Å²) in [5.74, 6) is -0.341.